The van der Waals surface area contributed by atoms with Gasteiger partial charge in [0.05, 0.1) is 5.60 Å². The third kappa shape index (κ3) is 3.25. The van der Waals surface area contributed by atoms with Gasteiger partial charge in [0.15, 0.2) is 0 Å². The maximum Gasteiger partial charge on any atom is 0.0900 e. The molecule has 2 N–H and O–H groups in total. The van der Waals surface area contributed by atoms with Gasteiger partial charge in [-0.15, -0.1) is 0 Å². The van der Waals surface area contributed by atoms with Gasteiger partial charge in [-0.05, 0) is 25.8 Å². The summed E-state index contributed by atoms with van der Waals surface area (Å²) in [5, 5.41) is 18.4. The number of rotatable bonds is 6. The number of aliphatic hydroxyl groups is 2. The Kier molecular flexibility index (Phi) is 4.16. The SMILES string of the molecule is CCCC1(O)CN(CCCCO)C1. The molecule has 0 aromatic heterocycles. The predicted octanol–water partition coefficient (Wildman–Crippen LogP) is 0.606. The summed E-state index contributed by atoms with van der Waals surface area (Å²) in [5.41, 5.74) is -0.395. The van der Waals surface area contributed by atoms with Crippen LogP contribution in [0.15, 0.2) is 0 Å². The van der Waals surface area contributed by atoms with Crippen molar-refractivity contribution in [1.82, 2.24) is 4.90 Å². The van der Waals surface area contributed by atoms with Crippen LogP contribution >= 0.6 is 0 Å². The lowest BCUT2D eigenvalue weighted by molar-refractivity contribution is -0.103. The minimum atomic E-state index is -0.395. The third-order valence-corrected chi connectivity index (χ3v) is 2.63. The summed E-state index contributed by atoms with van der Waals surface area (Å²) in [7, 11) is 0. The van der Waals surface area contributed by atoms with Crippen molar-refractivity contribution in [2.24, 2.45) is 0 Å². The van der Waals surface area contributed by atoms with E-state index < -0.39 is 5.60 Å². The van der Waals surface area contributed by atoms with Gasteiger partial charge in [0, 0.05) is 19.7 Å². The molecule has 0 spiro atoms. The van der Waals surface area contributed by atoms with Gasteiger partial charge < -0.3 is 10.2 Å². The van der Waals surface area contributed by atoms with Crippen molar-refractivity contribution in [3.63, 3.8) is 0 Å². The van der Waals surface area contributed by atoms with Crippen molar-refractivity contribution in [3.05, 3.63) is 0 Å². The summed E-state index contributed by atoms with van der Waals surface area (Å²) in [4.78, 5) is 2.26. The number of nitrogens with zero attached hydrogens (tertiary/aromatic N) is 1. The van der Waals surface area contributed by atoms with Gasteiger partial charge in [-0.1, -0.05) is 13.3 Å². The Labute approximate surface area is 80.4 Å². The lowest BCUT2D eigenvalue weighted by Crippen LogP contribution is -2.61. The summed E-state index contributed by atoms with van der Waals surface area (Å²) in [6, 6.07) is 0. The van der Waals surface area contributed by atoms with Crippen LogP contribution in [0.4, 0.5) is 0 Å². The van der Waals surface area contributed by atoms with Crippen LogP contribution in [-0.4, -0.2) is 47.0 Å². The van der Waals surface area contributed by atoms with Crippen molar-refractivity contribution in [3.8, 4) is 0 Å². The van der Waals surface area contributed by atoms with Crippen LogP contribution in [0.3, 0.4) is 0 Å². The Morgan fingerprint density at radius 1 is 1.31 bits per heavy atom. The van der Waals surface area contributed by atoms with Gasteiger partial charge in [0.1, 0.15) is 0 Å². The molecule has 1 heterocycles. The van der Waals surface area contributed by atoms with E-state index in [9.17, 15) is 5.11 Å². The molecular weight excluding hydrogens is 166 g/mol. The molecule has 0 aliphatic carbocycles. The molecule has 78 valence electrons. The first-order valence-electron chi connectivity index (χ1n) is 5.26. The van der Waals surface area contributed by atoms with E-state index in [1.807, 2.05) is 0 Å². The van der Waals surface area contributed by atoms with Crippen molar-refractivity contribution < 1.29 is 10.2 Å². The normalized spacial score (nSPS) is 21.5. The van der Waals surface area contributed by atoms with E-state index in [0.717, 1.165) is 45.3 Å². The maximum atomic E-state index is 9.85. The number of aliphatic hydroxyl groups excluding tert-OH is 1. The molecule has 13 heavy (non-hydrogen) atoms. The summed E-state index contributed by atoms with van der Waals surface area (Å²) in [6.45, 7) is 5.06. The quantitative estimate of drug-likeness (QED) is 0.599. The third-order valence-electron chi connectivity index (χ3n) is 2.63. The zero-order valence-corrected chi connectivity index (χ0v) is 8.50. The highest BCUT2D eigenvalue weighted by atomic mass is 16.3. The minimum Gasteiger partial charge on any atom is -0.396 e. The maximum absolute atomic E-state index is 9.85. The lowest BCUT2D eigenvalue weighted by atomic mass is 9.89. The zero-order chi connectivity index (χ0) is 9.73. The molecule has 1 rings (SSSR count). The number of hydrogen-bond acceptors (Lipinski definition) is 3. The van der Waals surface area contributed by atoms with Crippen molar-refractivity contribution in [1.29, 1.82) is 0 Å². The molecule has 3 nitrogen and oxygen atoms in total. The largest absolute Gasteiger partial charge is 0.396 e. The van der Waals surface area contributed by atoms with Crippen LogP contribution in [0.2, 0.25) is 0 Å². The number of hydrogen-bond donors (Lipinski definition) is 2. The summed E-state index contributed by atoms with van der Waals surface area (Å²) in [6.07, 6.45) is 3.89. The van der Waals surface area contributed by atoms with Gasteiger partial charge in [-0.2, -0.15) is 0 Å². The highest BCUT2D eigenvalue weighted by Gasteiger charge is 2.39. The molecule has 0 bridgehead atoms. The second kappa shape index (κ2) is 4.94. The molecule has 0 unspecified atom stereocenters. The molecule has 1 aliphatic rings. The van der Waals surface area contributed by atoms with Crippen LogP contribution in [0.25, 0.3) is 0 Å². The monoisotopic (exact) mass is 187 g/mol. The number of β-amino-alcohol motifs (C(OH)–C–C–N with tert-alkyl or cyclic N) is 1. The van der Waals surface area contributed by atoms with Crippen molar-refractivity contribution in [2.75, 3.05) is 26.2 Å². The first kappa shape index (κ1) is 11.0. The van der Waals surface area contributed by atoms with Crippen LogP contribution in [0, 0.1) is 0 Å². The Balaban J connectivity index is 2.03. The average molecular weight is 187 g/mol. The molecular formula is C10H21NO2. The molecule has 0 aromatic carbocycles. The first-order valence-corrected chi connectivity index (χ1v) is 5.26. The van der Waals surface area contributed by atoms with Crippen LogP contribution in [-0.2, 0) is 0 Å². The zero-order valence-electron chi connectivity index (χ0n) is 8.50. The fraction of sp³-hybridized carbons (Fsp3) is 1.00. The molecule has 0 atom stereocenters. The van der Waals surface area contributed by atoms with Gasteiger partial charge >= 0.3 is 0 Å². The second-order valence-electron chi connectivity index (χ2n) is 4.12. The van der Waals surface area contributed by atoms with E-state index in [2.05, 4.69) is 11.8 Å². The minimum absolute atomic E-state index is 0.285. The van der Waals surface area contributed by atoms with Gasteiger partial charge in [-0.3, -0.25) is 4.90 Å². The highest BCUT2D eigenvalue weighted by Crippen LogP contribution is 2.25. The summed E-state index contributed by atoms with van der Waals surface area (Å²) in [5.74, 6) is 0. The Bertz CT molecular complexity index is 144. The average Bonchev–Trinajstić information content (AvgIpc) is 2.02. The lowest BCUT2D eigenvalue weighted by Gasteiger charge is -2.46. The highest BCUT2D eigenvalue weighted by molar-refractivity contribution is 4.94. The predicted molar refractivity (Wildman–Crippen MR) is 52.6 cm³/mol. The number of likely N-dealkylation sites (tertiary alicyclic amines) is 1. The van der Waals surface area contributed by atoms with Gasteiger partial charge in [0.25, 0.3) is 0 Å². The smallest absolute Gasteiger partial charge is 0.0900 e. The van der Waals surface area contributed by atoms with Crippen molar-refractivity contribution >= 4 is 0 Å². The van der Waals surface area contributed by atoms with Crippen LogP contribution in [0.1, 0.15) is 32.6 Å². The van der Waals surface area contributed by atoms with Crippen molar-refractivity contribution in [2.45, 2.75) is 38.2 Å². The van der Waals surface area contributed by atoms with E-state index in [0.29, 0.717) is 0 Å². The molecule has 0 saturated carbocycles. The molecule has 1 saturated heterocycles. The van der Waals surface area contributed by atoms with Gasteiger partial charge in [0.2, 0.25) is 0 Å². The molecule has 1 fully saturated rings. The van der Waals surface area contributed by atoms with Crippen LogP contribution < -0.4 is 0 Å². The van der Waals surface area contributed by atoms with E-state index in [1.54, 1.807) is 0 Å². The Morgan fingerprint density at radius 2 is 2.00 bits per heavy atom. The summed E-state index contributed by atoms with van der Waals surface area (Å²) < 4.78 is 0. The fourth-order valence-electron chi connectivity index (χ4n) is 2.01. The molecule has 0 amide bonds. The Hall–Kier alpha value is -0.120. The van der Waals surface area contributed by atoms with Crippen LogP contribution in [0.5, 0.6) is 0 Å². The topological polar surface area (TPSA) is 43.7 Å². The van der Waals surface area contributed by atoms with Gasteiger partial charge in [-0.25, -0.2) is 0 Å². The van der Waals surface area contributed by atoms with E-state index >= 15 is 0 Å². The Morgan fingerprint density at radius 3 is 2.54 bits per heavy atom. The fourth-order valence-corrected chi connectivity index (χ4v) is 2.01. The molecule has 3 heteroatoms. The number of unbranched alkanes of at least 4 members (excludes halogenated alkanes) is 1. The summed E-state index contributed by atoms with van der Waals surface area (Å²) >= 11 is 0. The second-order valence-corrected chi connectivity index (χ2v) is 4.12. The molecule has 0 radical (unpaired) electrons. The molecule has 1 aliphatic heterocycles. The molecule has 0 aromatic rings. The van der Waals surface area contributed by atoms with E-state index in [4.69, 9.17) is 5.11 Å². The standard InChI is InChI=1S/C10H21NO2/c1-2-5-10(13)8-11(9-10)6-3-4-7-12/h12-13H,2-9H2,1H3. The first-order chi connectivity index (χ1) is 6.20. The van der Waals surface area contributed by atoms with E-state index in [-0.39, 0.29) is 6.61 Å². The van der Waals surface area contributed by atoms with E-state index in [1.165, 1.54) is 0 Å².